The van der Waals surface area contributed by atoms with Crippen molar-refractivity contribution >= 4 is 23.8 Å². The molecule has 1 aliphatic carbocycles. The van der Waals surface area contributed by atoms with Crippen molar-refractivity contribution in [1.82, 2.24) is 20.6 Å². The van der Waals surface area contributed by atoms with E-state index in [9.17, 15) is 24.3 Å². The lowest BCUT2D eigenvalue weighted by atomic mass is 9.80. The molecule has 1 aromatic heterocycles. The Balaban J connectivity index is 2.07. The van der Waals surface area contributed by atoms with Crippen molar-refractivity contribution in [1.29, 1.82) is 0 Å². The van der Waals surface area contributed by atoms with E-state index >= 15 is 0 Å². The highest BCUT2D eigenvalue weighted by atomic mass is 16.6. The number of alkyl carbamates (subject to hydrolysis) is 1. The molecule has 1 heterocycles. The van der Waals surface area contributed by atoms with Crippen LogP contribution >= 0.6 is 0 Å². The highest BCUT2D eigenvalue weighted by molar-refractivity contribution is 5.97. The number of nitrogens with zero attached hydrogens (tertiary/aromatic N) is 2. The molecule has 2 atom stereocenters. The van der Waals surface area contributed by atoms with Gasteiger partial charge in [-0.2, -0.15) is 0 Å². The predicted molar refractivity (Wildman–Crippen MR) is 115 cm³/mol. The highest BCUT2D eigenvalue weighted by Crippen LogP contribution is 2.28. The molecule has 0 bridgehead atoms. The second-order valence-corrected chi connectivity index (χ2v) is 9.03. The summed E-state index contributed by atoms with van der Waals surface area (Å²) in [6.07, 6.45) is 7.54. The molecule has 0 unspecified atom stereocenters. The molecule has 176 valence electrons. The summed E-state index contributed by atoms with van der Waals surface area (Å²) < 4.78 is 5.12. The van der Waals surface area contributed by atoms with E-state index < -0.39 is 35.5 Å². The molecule has 32 heavy (non-hydrogen) atoms. The van der Waals surface area contributed by atoms with Crippen LogP contribution in [0.2, 0.25) is 0 Å². The van der Waals surface area contributed by atoms with Crippen LogP contribution in [0, 0.1) is 11.8 Å². The second kappa shape index (κ2) is 11.5. The first-order chi connectivity index (χ1) is 15.1. The molecular weight excluding hydrogens is 416 g/mol. The zero-order valence-corrected chi connectivity index (χ0v) is 18.8. The Morgan fingerprint density at radius 2 is 1.84 bits per heavy atom. The number of carbonyl (C=O) groups is 4. The number of aromatic nitrogens is 2. The Labute approximate surface area is 187 Å². The molecule has 0 radical (unpaired) electrons. The van der Waals surface area contributed by atoms with Crippen LogP contribution in [0.15, 0.2) is 18.6 Å². The molecule has 0 spiro atoms. The third-order valence-electron chi connectivity index (χ3n) is 5.24. The molecule has 1 saturated carbocycles. The van der Waals surface area contributed by atoms with Crippen molar-refractivity contribution in [2.75, 3.05) is 6.54 Å². The average Bonchev–Trinajstić information content (AvgIpc) is 2.74. The van der Waals surface area contributed by atoms with Gasteiger partial charge in [-0.25, -0.2) is 9.78 Å². The summed E-state index contributed by atoms with van der Waals surface area (Å²) in [6.45, 7) is 4.82. The first kappa shape index (κ1) is 25.2. The number of carboxylic acid groups (broad SMARTS) is 1. The van der Waals surface area contributed by atoms with Gasteiger partial charge in [-0.15, -0.1) is 0 Å². The van der Waals surface area contributed by atoms with Gasteiger partial charge in [-0.1, -0.05) is 19.3 Å². The van der Waals surface area contributed by atoms with E-state index in [4.69, 9.17) is 4.74 Å². The maximum absolute atomic E-state index is 13.1. The molecule has 0 aromatic carbocycles. The number of aliphatic carboxylic acids is 1. The first-order valence-electron chi connectivity index (χ1n) is 10.9. The van der Waals surface area contributed by atoms with Gasteiger partial charge in [-0.3, -0.25) is 19.4 Å². The molecule has 10 nitrogen and oxygen atoms in total. The predicted octanol–water partition coefficient (Wildman–Crippen LogP) is 2.34. The van der Waals surface area contributed by atoms with Gasteiger partial charge >= 0.3 is 12.1 Å². The van der Waals surface area contributed by atoms with Crippen LogP contribution in [0.5, 0.6) is 0 Å². The minimum atomic E-state index is -1.21. The summed E-state index contributed by atoms with van der Waals surface area (Å²) in [6, 6.07) is -0.826. The maximum atomic E-state index is 13.1. The molecule has 1 aliphatic rings. The lowest BCUT2D eigenvalue weighted by Crippen LogP contribution is -2.48. The molecular formula is C22H32N4O6. The highest BCUT2D eigenvalue weighted by Gasteiger charge is 2.34. The minimum absolute atomic E-state index is 0.0786. The SMILES string of the molecule is CC(C)(C)OC(=O)NC[C@H](CC(=O)[C@@H](NC(=O)c1cnccn1)C1CCCCC1)C(=O)O. The zero-order valence-electron chi connectivity index (χ0n) is 18.8. The fourth-order valence-electron chi connectivity index (χ4n) is 3.70. The van der Waals surface area contributed by atoms with Crippen molar-refractivity contribution in [2.24, 2.45) is 11.8 Å². The molecule has 1 aromatic rings. The number of nitrogens with one attached hydrogen (secondary N) is 2. The molecule has 3 N–H and O–H groups in total. The van der Waals surface area contributed by atoms with E-state index in [1.54, 1.807) is 20.8 Å². The summed E-state index contributed by atoms with van der Waals surface area (Å²) in [5, 5.41) is 14.7. The first-order valence-corrected chi connectivity index (χ1v) is 10.9. The Morgan fingerprint density at radius 1 is 1.16 bits per heavy atom. The van der Waals surface area contributed by atoms with E-state index in [-0.39, 0.29) is 30.4 Å². The largest absolute Gasteiger partial charge is 0.481 e. The standard InChI is InChI=1S/C22H32N4O6/c1-22(2,3)32-21(31)25-12-15(20(29)30)11-17(27)18(14-7-5-4-6-8-14)26-19(28)16-13-23-9-10-24-16/h9-10,13-15,18H,4-8,11-12H2,1-3H3,(H,25,31)(H,26,28)(H,29,30)/t15-,18-/m0/s1. The number of hydrogen-bond donors (Lipinski definition) is 3. The van der Waals surface area contributed by atoms with Crippen LogP contribution in [-0.2, 0) is 14.3 Å². The summed E-state index contributed by atoms with van der Waals surface area (Å²) in [4.78, 5) is 57.2. The van der Waals surface area contributed by atoms with Gasteiger partial charge in [0.15, 0.2) is 5.78 Å². The van der Waals surface area contributed by atoms with Crippen LogP contribution in [0.4, 0.5) is 4.79 Å². The van der Waals surface area contributed by atoms with Crippen molar-refractivity contribution in [2.45, 2.75) is 70.9 Å². The van der Waals surface area contributed by atoms with E-state index in [1.165, 1.54) is 18.6 Å². The lowest BCUT2D eigenvalue weighted by molar-refractivity contribution is -0.144. The molecule has 2 amide bonds. The van der Waals surface area contributed by atoms with E-state index in [1.807, 2.05) is 0 Å². The number of ether oxygens (including phenoxy) is 1. The number of carboxylic acids is 1. The van der Waals surface area contributed by atoms with Crippen LogP contribution in [-0.4, -0.2) is 57.0 Å². The normalized spacial score (nSPS) is 16.5. The summed E-state index contributed by atoms with van der Waals surface area (Å²) in [5.41, 5.74) is -0.641. The fraction of sp³-hybridized carbons (Fsp3) is 0.636. The third-order valence-corrected chi connectivity index (χ3v) is 5.24. The quantitative estimate of drug-likeness (QED) is 0.521. The molecule has 10 heteroatoms. The second-order valence-electron chi connectivity index (χ2n) is 9.03. The minimum Gasteiger partial charge on any atom is -0.481 e. The monoisotopic (exact) mass is 448 g/mol. The van der Waals surface area contributed by atoms with Gasteiger partial charge in [0, 0.05) is 25.4 Å². The average molecular weight is 449 g/mol. The topological polar surface area (TPSA) is 148 Å². The number of hydrogen-bond acceptors (Lipinski definition) is 7. The number of rotatable bonds is 9. The number of Topliss-reactive ketones (excluding diaryl/α,β-unsaturated/α-hetero) is 1. The summed E-state index contributed by atoms with van der Waals surface area (Å²) >= 11 is 0. The number of carbonyl (C=O) groups excluding carboxylic acids is 3. The van der Waals surface area contributed by atoms with Gasteiger partial charge in [0.2, 0.25) is 0 Å². The van der Waals surface area contributed by atoms with E-state index in [0.29, 0.717) is 0 Å². The van der Waals surface area contributed by atoms with Gasteiger partial charge in [0.05, 0.1) is 18.2 Å². The summed E-state index contributed by atoms with van der Waals surface area (Å²) in [7, 11) is 0. The van der Waals surface area contributed by atoms with Crippen LogP contribution in [0.25, 0.3) is 0 Å². The molecule has 0 aliphatic heterocycles. The number of ketones is 1. The summed E-state index contributed by atoms with van der Waals surface area (Å²) in [5.74, 6) is -3.34. The van der Waals surface area contributed by atoms with Crippen LogP contribution in [0.1, 0.15) is 69.8 Å². The van der Waals surface area contributed by atoms with Crippen LogP contribution < -0.4 is 10.6 Å². The smallest absolute Gasteiger partial charge is 0.407 e. The zero-order chi connectivity index (χ0) is 23.7. The molecule has 1 fully saturated rings. The van der Waals surface area contributed by atoms with E-state index in [2.05, 4.69) is 20.6 Å². The van der Waals surface area contributed by atoms with Gasteiger partial charge in [-0.05, 0) is 39.5 Å². The van der Waals surface area contributed by atoms with Crippen molar-refractivity contribution in [3.63, 3.8) is 0 Å². The van der Waals surface area contributed by atoms with Gasteiger partial charge in [0.25, 0.3) is 5.91 Å². The van der Waals surface area contributed by atoms with Gasteiger partial charge in [0.1, 0.15) is 11.3 Å². The van der Waals surface area contributed by atoms with Crippen LogP contribution in [0.3, 0.4) is 0 Å². The molecule has 2 rings (SSSR count). The Kier molecular flexibility index (Phi) is 9.10. The Morgan fingerprint density at radius 3 is 2.41 bits per heavy atom. The van der Waals surface area contributed by atoms with Crippen molar-refractivity contribution < 1.29 is 29.0 Å². The lowest BCUT2D eigenvalue weighted by Gasteiger charge is -2.30. The van der Waals surface area contributed by atoms with Crippen molar-refractivity contribution in [3.05, 3.63) is 24.3 Å². The van der Waals surface area contributed by atoms with E-state index in [0.717, 1.165) is 32.1 Å². The molecule has 0 saturated heterocycles. The van der Waals surface area contributed by atoms with Crippen molar-refractivity contribution in [3.8, 4) is 0 Å². The van der Waals surface area contributed by atoms with Gasteiger partial charge < -0.3 is 20.5 Å². The Bertz CT molecular complexity index is 802. The fourth-order valence-corrected chi connectivity index (χ4v) is 3.70. The number of amides is 2. The maximum Gasteiger partial charge on any atom is 0.407 e. The Hall–Kier alpha value is -3.04. The third kappa shape index (κ3) is 8.24.